The van der Waals surface area contributed by atoms with E-state index in [1.54, 1.807) is 0 Å². The maximum atomic E-state index is 11.8. The predicted molar refractivity (Wildman–Crippen MR) is 60.7 cm³/mol. The molecule has 1 aromatic carbocycles. The van der Waals surface area contributed by atoms with Gasteiger partial charge in [-0.05, 0) is 30.0 Å². The average Bonchev–Trinajstić information content (AvgIpc) is 2.26. The Morgan fingerprint density at radius 2 is 2.12 bits per heavy atom. The molecular weight excluding hydrogens is 264 g/mol. The van der Waals surface area contributed by atoms with E-state index in [2.05, 4.69) is 4.74 Å². The first kappa shape index (κ1) is 12.1. The normalized spacial score (nSPS) is 17.4. The monoisotopic (exact) mass is 272 g/mol. The summed E-state index contributed by atoms with van der Waals surface area (Å²) in [5.41, 5.74) is 0.157. The SMILES string of the molecule is COC(=O)c1ccc2c(c1)S(=O)(=O)CC(=O)S2. The van der Waals surface area contributed by atoms with E-state index in [-0.39, 0.29) is 10.5 Å². The molecule has 0 aliphatic carbocycles. The highest BCUT2D eigenvalue weighted by molar-refractivity contribution is 8.16. The fraction of sp³-hybridized carbons (Fsp3) is 0.200. The first-order valence-electron chi connectivity index (χ1n) is 4.60. The quantitative estimate of drug-likeness (QED) is 0.706. The maximum Gasteiger partial charge on any atom is 0.337 e. The van der Waals surface area contributed by atoms with Gasteiger partial charge in [-0.2, -0.15) is 0 Å². The van der Waals surface area contributed by atoms with Crippen LogP contribution in [0.3, 0.4) is 0 Å². The summed E-state index contributed by atoms with van der Waals surface area (Å²) in [6.07, 6.45) is 0. The van der Waals surface area contributed by atoms with Crippen molar-refractivity contribution in [2.75, 3.05) is 12.9 Å². The number of benzene rings is 1. The van der Waals surface area contributed by atoms with Crippen molar-refractivity contribution in [3.05, 3.63) is 23.8 Å². The highest BCUT2D eigenvalue weighted by atomic mass is 32.2. The van der Waals surface area contributed by atoms with Gasteiger partial charge < -0.3 is 4.74 Å². The molecular formula is C10H8O5S2. The number of fused-ring (bicyclic) bond motifs is 1. The predicted octanol–water partition coefficient (Wildman–Crippen LogP) is 0.879. The molecule has 1 aliphatic rings. The van der Waals surface area contributed by atoms with Crippen LogP contribution >= 0.6 is 11.8 Å². The van der Waals surface area contributed by atoms with Gasteiger partial charge in [-0.1, -0.05) is 0 Å². The van der Waals surface area contributed by atoms with Crippen LogP contribution in [0.1, 0.15) is 10.4 Å². The smallest absolute Gasteiger partial charge is 0.337 e. The Balaban J connectivity index is 2.59. The molecule has 2 rings (SSSR count). The molecule has 0 saturated carbocycles. The van der Waals surface area contributed by atoms with E-state index in [1.807, 2.05) is 0 Å². The summed E-state index contributed by atoms with van der Waals surface area (Å²) in [6, 6.07) is 4.13. The van der Waals surface area contributed by atoms with Crippen molar-refractivity contribution < 1.29 is 22.7 Å². The topological polar surface area (TPSA) is 77.5 Å². The zero-order valence-electron chi connectivity index (χ0n) is 8.80. The van der Waals surface area contributed by atoms with Crippen LogP contribution in [0.15, 0.2) is 28.0 Å². The van der Waals surface area contributed by atoms with Crippen LogP contribution in [0.2, 0.25) is 0 Å². The molecule has 1 aromatic rings. The molecule has 0 aromatic heterocycles. The van der Waals surface area contributed by atoms with Crippen LogP contribution in [-0.4, -0.2) is 32.4 Å². The van der Waals surface area contributed by atoms with Crippen molar-refractivity contribution >= 4 is 32.7 Å². The fourth-order valence-corrected chi connectivity index (χ4v) is 4.36. The summed E-state index contributed by atoms with van der Waals surface area (Å²) in [4.78, 5) is 22.9. The van der Waals surface area contributed by atoms with Crippen LogP contribution in [0.25, 0.3) is 0 Å². The summed E-state index contributed by atoms with van der Waals surface area (Å²) < 4.78 is 28.0. The Labute approximate surface area is 102 Å². The van der Waals surface area contributed by atoms with Crippen LogP contribution < -0.4 is 0 Å². The van der Waals surface area contributed by atoms with Crippen LogP contribution in [0, 0.1) is 0 Å². The molecule has 5 nitrogen and oxygen atoms in total. The van der Waals surface area contributed by atoms with Gasteiger partial charge in [0.15, 0.2) is 9.84 Å². The largest absolute Gasteiger partial charge is 0.465 e. The minimum Gasteiger partial charge on any atom is -0.465 e. The number of carbonyl (C=O) groups is 2. The first-order chi connectivity index (χ1) is 7.94. The molecule has 17 heavy (non-hydrogen) atoms. The number of hydrogen-bond acceptors (Lipinski definition) is 6. The van der Waals surface area contributed by atoms with E-state index in [1.165, 1.54) is 25.3 Å². The van der Waals surface area contributed by atoms with Crippen molar-refractivity contribution in [1.82, 2.24) is 0 Å². The number of esters is 1. The molecule has 0 N–H and O–H groups in total. The number of thioether (sulfide) groups is 1. The van der Waals surface area contributed by atoms with Crippen molar-refractivity contribution in [2.45, 2.75) is 9.79 Å². The second-order valence-electron chi connectivity index (χ2n) is 3.39. The van der Waals surface area contributed by atoms with Gasteiger partial charge in [-0.25, -0.2) is 13.2 Å². The second-order valence-corrected chi connectivity index (χ2v) is 6.44. The van der Waals surface area contributed by atoms with E-state index in [9.17, 15) is 18.0 Å². The number of ether oxygens (including phenoxy) is 1. The van der Waals surface area contributed by atoms with Gasteiger partial charge in [0.1, 0.15) is 5.75 Å². The Bertz CT molecular complexity index is 603. The minimum absolute atomic E-state index is 0.0185. The molecule has 0 saturated heterocycles. The van der Waals surface area contributed by atoms with Crippen molar-refractivity contribution in [2.24, 2.45) is 0 Å². The fourth-order valence-electron chi connectivity index (χ4n) is 1.47. The molecule has 0 atom stereocenters. The van der Waals surface area contributed by atoms with E-state index in [4.69, 9.17) is 0 Å². The van der Waals surface area contributed by atoms with Crippen LogP contribution in [0.5, 0.6) is 0 Å². The molecule has 7 heteroatoms. The molecule has 0 bridgehead atoms. The lowest BCUT2D eigenvalue weighted by molar-refractivity contribution is -0.108. The average molecular weight is 272 g/mol. The number of sulfone groups is 1. The summed E-state index contributed by atoms with van der Waals surface area (Å²) in [5, 5.41) is -0.414. The molecule has 0 spiro atoms. The van der Waals surface area contributed by atoms with Crippen LogP contribution in [0.4, 0.5) is 0 Å². The van der Waals surface area contributed by atoms with Crippen molar-refractivity contribution in [3.8, 4) is 0 Å². The Kier molecular flexibility index (Phi) is 2.96. The summed E-state index contributed by atoms with van der Waals surface area (Å²) >= 11 is 0.872. The molecule has 1 aliphatic heterocycles. The number of rotatable bonds is 1. The van der Waals surface area contributed by atoms with Crippen molar-refractivity contribution in [3.63, 3.8) is 0 Å². The highest BCUT2D eigenvalue weighted by Gasteiger charge is 2.30. The van der Waals surface area contributed by atoms with Crippen molar-refractivity contribution in [1.29, 1.82) is 0 Å². The minimum atomic E-state index is -3.63. The maximum absolute atomic E-state index is 11.8. The third-order valence-electron chi connectivity index (χ3n) is 2.23. The third-order valence-corrected chi connectivity index (χ3v) is 5.14. The molecule has 0 radical (unpaired) electrons. The second kappa shape index (κ2) is 4.15. The van der Waals surface area contributed by atoms with E-state index < -0.39 is 26.7 Å². The lowest BCUT2D eigenvalue weighted by Gasteiger charge is -2.15. The summed E-state index contributed by atoms with van der Waals surface area (Å²) in [5.74, 6) is -1.14. The zero-order chi connectivity index (χ0) is 12.6. The lowest BCUT2D eigenvalue weighted by atomic mass is 10.2. The van der Waals surface area contributed by atoms with Gasteiger partial charge in [0.25, 0.3) is 0 Å². The number of methoxy groups -OCH3 is 1. The Hall–Kier alpha value is -1.34. The number of hydrogen-bond donors (Lipinski definition) is 0. The van der Waals surface area contributed by atoms with Gasteiger partial charge in [0.2, 0.25) is 5.12 Å². The Morgan fingerprint density at radius 3 is 2.76 bits per heavy atom. The molecule has 1 heterocycles. The lowest BCUT2D eigenvalue weighted by Crippen LogP contribution is -2.19. The van der Waals surface area contributed by atoms with Gasteiger partial charge >= 0.3 is 5.97 Å². The van der Waals surface area contributed by atoms with Crippen LogP contribution in [-0.2, 0) is 19.4 Å². The molecule has 0 amide bonds. The van der Waals surface area contributed by atoms with Gasteiger partial charge in [0, 0.05) is 4.90 Å². The van der Waals surface area contributed by atoms with Gasteiger partial charge in [0.05, 0.1) is 17.6 Å². The standard InChI is InChI=1S/C10H8O5S2/c1-15-10(12)6-2-3-7-8(4-6)17(13,14)5-9(11)16-7/h2-4H,5H2,1H3. The summed E-state index contributed by atoms with van der Waals surface area (Å²) in [7, 11) is -2.42. The number of carbonyl (C=O) groups excluding carboxylic acids is 2. The van der Waals surface area contributed by atoms with Gasteiger partial charge in [-0.15, -0.1) is 0 Å². The van der Waals surface area contributed by atoms with E-state index in [0.717, 1.165) is 11.8 Å². The first-order valence-corrected chi connectivity index (χ1v) is 7.07. The van der Waals surface area contributed by atoms with Gasteiger partial charge in [-0.3, -0.25) is 4.79 Å². The molecule has 0 fully saturated rings. The third kappa shape index (κ3) is 2.20. The highest BCUT2D eigenvalue weighted by Crippen LogP contribution is 2.34. The zero-order valence-corrected chi connectivity index (χ0v) is 10.4. The van der Waals surface area contributed by atoms with E-state index >= 15 is 0 Å². The summed E-state index contributed by atoms with van der Waals surface area (Å²) in [6.45, 7) is 0. The van der Waals surface area contributed by atoms with E-state index in [0.29, 0.717) is 4.90 Å². The molecule has 0 unspecified atom stereocenters. The Morgan fingerprint density at radius 1 is 1.41 bits per heavy atom. The molecule has 90 valence electrons.